The predicted octanol–water partition coefficient (Wildman–Crippen LogP) is 4.58. The second kappa shape index (κ2) is 7.54. The maximum Gasteiger partial charge on any atom is 0.148 e. The smallest absolute Gasteiger partial charge is 0.148 e. The van der Waals surface area contributed by atoms with Gasteiger partial charge in [0, 0.05) is 46.3 Å². The van der Waals surface area contributed by atoms with Gasteiger partial charge in [-0.1, -0.05) is 12.1 Å². The van der Waals surface area contributed by atoms with E-state index in [1.807, 2.05) is 12.3 Å². The third-order valence-electron chi connectivity index (χ3n) is 5.13. The van der Waals surface area contributed by atoms with Gasteiger partial charge in [-0.15, -0.1) is 11.3 Å². The van der Waals surface area contributed by atoms with Gasteiger partial charge in [0.25, 0.3) is 0 Å². The molecule has 3 aromatic rings. The van der Waals surface area contributed by atoms with Crippen LogP contribution in [0.15, 0.2) is 36.5 Å². The van der Waals surface area contributed by atoms with Crippen LogP contribution in [0.4, 0.5) is 4.39 Å². The van der Waals surface area contributed by atoms with E-state index >= 15 is 0 Å². The molecule has 3 heterocycles. The number of hydrogen-bond acceptors (Lipinski definition) is 4. The molecule has 6 heteroatoms. The van der Waals surface area contributed by atoms with Crippen molar-refractivity contribution in [3.05, 3.63) is 57.7 Å². The summed E-state index contributed by atoms with van der Waals surface area (Å²) in [6, 6.07) is 9.36. The minimum atomic E-state index is -0.270. The third kappa shape index (κ3) is 3.70. The van der Waals surface area contributed by atoms with Crippen LogP contribution in [-0.2, 0) is 11.3 Å². The standard InChI is InChI=1S/C21H24FN3OS/c1-14-10-18(15(2)27-14)21-16(11-24(3)17-8-9-26-13-17)12-25(23-21)20-7-5-4-6-19(20)22/h4-7,10,12,17H,8-9,11,13H2,1-3H3/t17-/m1/s1. The van der Waals surface area contributed by atoms with Gasteiger partial charge in [0.1, 0.15) is 11.5 Å². The fourth-order valence-corrected chi connectivity index (χ4v) is 4.57. The van der Waals surface area contributed by atoms with Crippen LogP contribution in [0.2, 0.25) is 0 Å². The average molecular weight is 386 g/mol. The minimum absolute atomic E-state index is 0.270. The number of para-hydroxylation sites is 1. The molecular formula is C21H24FN3OS. The SMILES string of the molecule is Cc1cc(-c2nn(-c3ccccc3F)cc2CN(C)[C@@H]2CCOC2)c(C)s1. The highest BCUT2D eigenvalue weighted by Gasteiger charge is 2.23. The van der Waals surface area contributed by atoms with Crippen LogP contribution in [0.25, 0.3) is 16.9 Å². The third-order valence-corrected chi connectivity index (χ3v) is 6.10. The van der Waals surface area contributed by atoms with E-state index in [0.29, 0.717) is 11.7 Å². The van der Waals surface area contributed by atoms with Crippen molar-refractivity contribution in [2.45, 2.75) is 32.9 Å². The first kappa shape index (κ1) is 18.3. The van der Waals surface area contributed by atoms with Gasteiger partial charge >= 0.3 is 0 Å². The molecule has 2 aromatic heterocycles. The molecule has 1 fully saturated rings. The van der Waals surface area contributed by atoms with E-state index in [1.54, 1.807) is 28.2 Å². The largest absolute Gasteiger partial charge is 0.380 e. The Labute approximate surface area is 163 Å². The first-order valence-electron chi connectivity index (χ1n) is 9.22. The Morgan fingerprint density at radius 2 is 2.15 bits per heavy atom. The van der Waals surface area contributed by atoms with Gasteiger partial charge in [-0.3, -0.25) is 4.90 Å². The van der Waals surface area contributed by atoms with Crippen molar-refractivity contribution < 1.29 is 9.13 Å². The maximum atomic E-state index is 14.3. The number of halogens is 1. The molecule has 0 bridgehead atoms. The van der Waals surface area contributed by atoms with Gasteiger partial charge in [-0.25, -0.2) is 9.07 Å². The normalized spacial score (nSPS) is 17.1. The maximum absolute atomic E-state index is 14.3. The van der Waals surface area contributed by atoms with Gasteiger partial charge < -0.3 is 4.74 Å². The molecule has 27 heavy (non-hydrogen) atoms. The monoisotopic (exact) mass is 385 g/mol. The summed E-state index contributed by atoms with van der Waals surface area (Å²) in [5.41, 5.74) is 3.65. The summed E-state index contributed by atoms with van der Waals surface area (Å²) in [6.45, 7) is 6.57. The van der Waals surface area contributed by atoms with Crippen LogP contribution < -0.4 is 0 Å². The predicted molar refractivity (Wildman–Crippen MR) is 107 cm³/mol. The zero-order valence-electron chi connectivity index (χ0n) is 15.9. The molecule has 1 atom stereocenters. The van der Waals surface area contributed by atoms with E-state index in [2.05, 4.69) is 31.9 Å². The Morgan fingerprint density at radius 3 is 2.81 bits per heavy atom. The number of nitrogens with zero attached hydrogens (tertiary/aromatic N) is 3. The number of aromatic nitrogens is 2. The van der Waals surface area contributed by atoms with E-state index in [4.69, 9.17) is 9.84 Å². The number of ether oxygens (including phenoxy) is 1. The average Bonchev–Trinajstić information content (AvgIpc) is 3.36. The van der Waals surface area contributed by atoms with Gasteiger partial charge in [-0.05, 0) is 45.5 Å². The lowest BCUT2D eigenvalue weighted by atomic mass is 10.1. The van der Waals surface area contributed by atoms with Crippen molar-refractivity contribution in [3.63, 3.8) is 0 Å². The summed E-state index contributed by atoms with van der Waals surface area (Å²) in [5.74, 6) is -0.270. The van der Waals surface area contributed by atoms with E-state index in [0.717, 1.165) is 43.0 Å². The summed E-state index contributed by atoms with van der Waals surface area (Å²) in [6.07, 6.45) is 3.01. The van der Waals surface area contributed by atoms with Crippen molar-refractivity contribution in [1.29, 1.82) is 0 Å². The van der Waals surface area contributed by atoms with Crippen molar-refractivity contribution in [1.82, 2.24) is 14.7 Å². The van der Waals surface area contributed by atoms with E-state index < -0.39 is 0 Å². The lowest BCUT2D eigenvalue weighted by molar-refractivity contribution is 0.156. The molecule has 4 nitrogen and oxygen atoms in total. The second-order valence-corrected chi connectivity index (χ2v) is 8.62. The Kier molecular flexibility index (Phi) is 5.12. The van der Waals surface area contributed by atoms with Crippen LogP contribution in [0, 0.1) is 19.7 Å². The fourth-order valence-electron chi connectivity index (χ4n) is 3.65. The number of benzene rings is 1. The van der Waals surface area contributed by atoms with E-state index in [-0.39, 0.29) is 5.82 Å². The van der Waals surface area contributed by atoms with Crippen LogP contribution in [-0.4, -0.2) is 41.0 Å². The second-order valence-electron chi connectivity index (χ2n) is 7.16. The fraction of sp³-hybridized carbons (Fsp3) is 0.381. The van der Waals surface area contributed by atoms with Gasteiger partial charge in [0.2, 0.25) is 0 Å². The molecule has 0 aliphatic carbocycles. The highest BCUT2D eigenvalue weighted by molar-refractivity contribution is 7.12. The van der Waals surface area contributed by atoms with Gasteiger partial charge in [0.05, 0.1) is 12.3 Å². The zero-order chi connectivity index (χ0) is 19.0. The lowest BCUT2D eigenvalue weighted by Crippen LogP contribution is -2.31. The Bertz CT molecular complexity index is 943. The topological polar surface area (TPSA) is 30.3 Å². The molecule has 142 valence electrons. The number of hydrogen-bond donors (Lipinski definition) is 0. The van der Waals surface area contributed by atoms with Crippen molar-refractivity contribution in [2.75, 3.05) is 20.3 Å². The first-order valence-corrected chi connectivity index (χ1v) is 10.0. The first-order chi connectivity index (χ1) is 13.0. The molecule has 0 amide bonds. The highest BCUT2D eigenvalue weighted by atomic mass is 32.1. The van der Waals surface area contributed by atoms with Crippen LogP contribution >= 0.6 is 11.3 Å². The van der Waals surface area contributed by atoms with E-state index in [1.165, 1.54) is 15.8 Å². The van der Waals surface area contributed by atoms with Crippen molar-refractivity contribution in [2.24, 2.45) is 0 Å². The molecule has 4 rings (SSSR count). The van der Waals surface area contributed by atoms with Crippen LogP contribution in [0.5, 0.6) is 0 Å². The number of thiophene rings is 1. The van der Waals surface area contributed by atoms with Crippen molar-refractivity contribution >= 4 is 11.3 Å². The molecule has 1 aliphatic rings. The zero-order valence-corrected chi connectivity index (χ0v) is 16.7. The molecule has 0 unspecified atom stereocenters. The molecule has 0 N–H and O–H groups in total. The summed E-state index contributed by atoms with van der Waals surface area (Å²) >= 11 is 1.77. The number of rotatable bonds is 5. The minimum Gasteiger partial charge on any atom is -0.380 e. The molecule has 1 aromatic carbocycles. The van der Waals surface area contributed by atoms with Gasteiger partial charge in [0.15, 0.2) is 0 Å². The Balaban J connectivity index is 1.75. The molecule has 0 saturated carbocycles. The number of aryl methyl sites for hydroxylation is 2. The summed E-state index contributed by atoms with van der Waals surface area (Å²) in [4.78, 5) is 4.80. The van der Waals surface area contributed by atoms with Crippen LogP contribution in [0.3, 0.4) is 0 Å². The summed E-state index contributed by atoms with van der Waals surface area (Å²) in [5, 5.41) is 4.79. The Hall–Kier alpha value is -2.02. The number of likely N-dealkylation sites (N-methyl/N-ethyl adjacent to an activating group) is 1. The van der Waals surface area contributed by atoms with Crippen molar-refractivity contribution in [3.8, 4) is 16.9 Å². The molecule has 1 aliphatic heterocycles. The molecular weight excluding hydrogens is 361 g/mol. The Morgan fingerprint density at radius 1 is 1.33 bits per heavy atom. The van der Waals surface area contributed by atoms with Crippen LogP contribution in [0.1, 0.15) is 21.7 Å². The summed E-state index contributed by atoms with van der Waals surface area (Å²) < 4.78 is 21.5. The molecule has 0 spiro atoms. The highest BCUT2D eigenvalue weighted by Crippen LogP contribution is 2.33. The summed E-state index contributed by atoms with van der Waals surface area (Å²) in [7, 11) is 2.12. The quantitative estimate of drug-likeness (QED) is 0.644. The lowest BCUT2D eigenvalue weighted by Gasteiger charge is -2.22. The van der Waals surface area contributed by atoms with E-state index in [9.17, 15) is 4.39 Å². The van der Waals surface area contributed by atoms with Gasteiger partial charge in [-0.2, -0.15) is 5.10 Å². The molecule has 1 saturated heterocycles. The molecule has 0 radical (unpaired) electrons.